The second kappa shape index (κ2) is 13.2. The molecule has 0 amide bonds. The van der Waals surface area contributed by atoms with Gasteiger partial charge in [0, 0.05) is 10.9 Å². The lowest BCUT2D eigenvalue weighted by Crippen LogP contribution is -2.06. The van der Waals surface area contributed by atoms with Crippen molar-refractivity contribution in [3.63, 3.8) is 0 Å². The Morgan fingerprint density at radius 2 is 1.43 bits per heavy atom. The summed E-state index contributed by atoms with van der Waals surface area (Å²) in [5.74, 6) is 2.27. The first kappa shape index (κ1) is 19.8. The Kier molecular flexibility index (Phi) is 11.3. The summed E-state index contributed by atoms with van der Waals surface area (Å²) >= 11 is 3.46. The zero-order valence-electron chi connectivity index (χ0n) is 13.9. The molecule has 126 valence electrons. The summed E-state index contributed by atoms with van der Waals surface area (Å²) in [6.07, 6.45) is 16.5. The van der Waals surface area contributed by atoms with Gasteiger partial charge in [-0.25, -0.2) is 4.79 Å². The highest BCUT2D eigenvalue weighted by Crippen LogP contribution is 2.11. The number of hydrogen-bond donors (Lipinski definition) is 0. The zero-order chi connectivity index (χ0) is 16.8. The number of ether oxygens (including phenoxy) is 1. The van der Waals surface area contributed by atoms with E-state index in [0.29, 0.717) is 12.2 Å². The minimum atomic E-state index is -0.264. The van der Waals surface area contributed by atoms with Crippen LogP contribution in [0.2, 0.25) is 0 Å². The summed E-state index contributed by atoms with van der Waals surface area (Å²) in [4.78, 5) is 11.8. The van der Waals surface area contributed by atoms with Crippen molar-refractivity contribution in [2.45, 2.75) is 57.8 Å². The van der Waals surface area contributed by atoms with Crippen LogP contribution in [-0.2, 0) is 4.74 Å². The van der Waals surface area contributed by atoms with E-state index in [9.17, 15) is 4.79 Å². The number of alkyl halides is 1. The molecule has 0 atom stereocenters. The van der Waals surface area contributed by atoms with Crippen molar-refractivity contribution >= 4 is 21.9 Å². The fourth-order valence-corrected chi connectivity index (χ4v) is 2.78. The summed E-state index contributed by atoms with van der Waals surface area (Å²) in [5, 5.41) is 1.12. The highest BCUT2D eigenvalue weighted by molar-refractivity contribution is 9.09. The van der Waals surface area contributed by atoms with E-state index in [-0.39, 0.29) is 5.97 Å². The predicted molar refractivity (Wildman–Crippen MR) is 100 cm³/mol. The van der Waals surface area contributed by atoms with Gasteiger partial charge in [0.05, 0.1) is 12.2 Å². The van der Waals surface area contributed by atoms with Crippen LogP contribution in [0.1, 0.15) is 73.7 Å². The molecule has 0 heterocycles. The average Bonchev–Trinajstić information content (AvgIpc) is 2.59. The van der Waals surface area contributed by atoms with Gasteiger partial charge in [0.2, 0.25) is 0 Å². The molecular weight excluding hydrogens is 352 g/mol. The van der Waals surface area contributed by atoms with Gasteiger partial charge in [-0.05, 0) is 37.1 Å². The van der Waals surface area contributed by atoms with Crippen LogP contribution in [0.25, 0.3) is 0 Å². The largest absolute Gasteiger partial charge is 0.462 e. The van der Waals surface area contributed by atoms with Gasteiger partial charge in [-0.2, -0.15) is 0 Å². The predicted octanol–water partition coefficient (Wildman–Crippen LogP) is 5.73. The molecule has 0 saturated heterocycles. The van der Waals surface area contributed by atoms with E-state index < -0.39 is 0 Å². The topological polar surface area (TPSA) is 26.3 Å². The molecule has 0 saturated carbocycles. The van der Waals surface area contributed by atoms with Crippen LogP contribution in [0.5, 0.6) is 0 Å². The van der Waals surface area contributed by atoms with Crippen LogP contribution in [0.4, 0.5) is 0 Å². The molecule has 0 fully saturated rings. The van der Waals surface area contributed by atoms with Crippen molar-refractivity contribution in [3.8, 4) is 12.3 Å². The minimum Gasteiger partial charge on any atom is -0.462 e. The van der Waals surface area contributed by atoms with E-state index in [1.807, 2.05) is 0 Å². The maximum absolute atomic E-state index is 11.8. The Bertz CT molecular complexity index is 473. The van der Waals surface area contributed by atoms with E-state index in [2.05, 4.69) is 21.9 Å². The molecule has 1 rings (SSSR count). The molecule has 0 aliphatic carbocycles. The standard InChI is InChI=1S/C20H27BrO2/c1-2-18-12-14-19(15-13-18)20(22)23-17-11-9-7-5-3-4-6-8-10-16-21/h1,12-15H,3-11,16-17H2. The highest BCUT2D eigenvalue weighted by Gasteiger charge is 2.06. The first-order valence-corrected chi connectivity index (χ1v) is 9.70. The summed E-state index contributed by atoms with van der Waals surface area (Å²) in [6, 6.07) is 6.95. The van der Waals surface area contributed by atoms with Crippen molar-refractivity contribution in [2.24, 2.45) is 0 Å². The first-order valence-electron chi connectivity index (χ1n) is 8.57. The van der Waals surface area contributed by atoms with Gasteiger partial charge in [-0.3, -0.25) is 0 Å². The first-order chi connectivity index (χ1) is 11.3. The number of terminal acetylenes is 1. The Hall–Kier alpha value is -1.27. The van der Waals surface area contributed by atoms with Crippen LogP contribution >= 0.6 is 15.9 Å². The molecule has 1 aromatic carbocycles. The van der Waals surface area contributed by atoms with Gasteiger partial charge in [-0.1, -0.05) is 66.8 Å². The van der Waals surface area contributed by atoms with Crippen LogP contribution in [0.3, 0.4) is 0 Å². The summed E-state index contributed by atoms with van der Waals surface area (Å²) < 4.78 is 5.28. The van der Waals surface area contributed by atoms with Crippen molar-refractivity contribution in [2.75, 3.05) is 11.9 Å². The van der Waals surface area contributed by atoms with E-state index >= 15 is 0 Å². The number of benzene rings is 1. The van der Waals surface area contributed by atoms with Gasteiger partial charge in [-0.15, -0.1) is 6.42 Å². The molecule has 0 aromatic heterocycles. The van der Waals surface area contributed by atoms with Gasteiger partial charge in [0.1, 0.15) is 0 Å². The van der Waals surface area contributed by atoms with Crippen molar-refractivity contribution in [1.82, 2.24) is 0 Å². The zero-order valence-corrected chi connectivity index (χ0v) is 15.4. The summed E-state index contributed by atoms with van der Waals surface area (Å²) in [6.45, 7) is 0.501. The molecule has 1 aromatic rings. The monoisotopic (exact) mass is 378 g/mol. The third-order valence-electron chi connectivity index (χ3n) is 3.80. The Labute approximate surface area is 149 Å². The lowest BCUT2D eigenvalue weighted by atomic mass is 10.1. The van der Waals surface area contributed by atoms with E-state index in [1.54, 1.807) is 24.3 Å². The maximum atomic E-state index is 11.8. The third-order valence-corrected chi connectivity index (χ3v) is 4.36. The molecule has 0 aliphatic rings. The normalized spacial score (nSPS) is 10.3. The molecule has 2 nitrogen and oxygen atoms in total. The Balaban J connectivity index is 1.98. The number of esters is 1. The third kappa shape index (κ3) is 9.46. The second-order valence-electron chi connectivity index (χ2n) is 5.73. The molecule has 0 N–H and O–H groups in total. The number of halogens is 1. The van der Waals surface area contributed by atoms with Crippen molar-refractivity contribution in [3.05, 3.63) is 35.4 Å². The van der Waals surface area contributed by atoms with Crippen LogP contribution in [-0.4, -0.2) is 17.9 Å². The molecular formula is C20H27BrO2. The molecule has 0 bridgehead atoms. The average molecular weight is 379 g/mol. The lowest BCUT2D eigenvalue weighted by Gasteiger charge is -2.05. The van der Waals surface area contributed by atoms with Gasteiger partial charge < -0.3 is 4.74 Å². The maximum Gasteiger partial charge on any atom is 0.338 e. The van der Waals surface area contributed by atoms with Crippen LogP contribution in [0.15, 0.2) is 24.3 Å². The number of hydrogen-bond acceptors (Lipinski definition) is 2. The fraction of sp³-hybridized carbons (Fsp3) is 0.550. The van der Waals surface area contributed by atoms with Crippen LogP contribution < -0.4 is 0 Å². The molecule has 0 aliphatic heterocycles. The van der Waals surface area contributed by atoms with E-state index in [1.165, 1.54) is 44.9 Å². The van der Waals surface area contributed by atoms with Crippen LogP contribution in [0, 0.1) is 12.3 Å². The number of unbranched alkanes of at least 4 members (excludes halogenated alkanes) is 8. The summed E-state index contributed by atoms with van der Waals surface area (Å²) in [7, 11) is 0. The SMILES string of the molecule is C#Cc1ccc(C(=O)OCCCCCCCCCCCBr)cc1. The van der Waals surface area contributed by atoms with Crippen molar-refractivity contribution < 1.29 is 9.53 Å². The highest BCUT2D eigenvalue weighted by atomic mass is 79.9. The lowest BCUT2D eigenvalue weighted by molar-refractivity contribution is 0.0497. The molecule has 0 radical (unpaired) electrons. The van der Waals surface area contributed by atoms with E-state index in [0.717, 1.165) is 23.7 Å². The quantitative estimate of drug-likeness (QED) is 0.201. The second-order valence-corrected chi connectivity index (χ2v) is 6.52. The van der Waals surface area contributed by atoms with Crippen molar-refractivity contribution in [1.29, 1.82) is 0 Å². The van der Waals surface area contributed by atoms with Gasteiger partial charge in [0.15, 0.2) is 0 Å². The number of carbonyl (C=O) groups is 1. The number of carbonyl (C=O) groups excluding carboxylic acids is 1. The minimum absolute atomic E-state index is 0.264. The molecule has 0 unspecified atom stereocenters. The summed E-state index contributed by atoms with van der Waals surface area (Å²) in [5.41, 5.74) is 1.33. The molecule has 0 spiro atoms. The van der Waals surface area contributed by atoms with E-state index in [4.69, 9.17) is 11.2 Å². The van der Waals surface area contributed by atoms with Gasteiger partial charge >= 0.3 is 5.97 Å². The molecule has 23 heavy (non-hydrogen) atoms. The smallest absolute Gasteiger partial charge is 0.338 e. The Morgan fingerprint density at radius 1 is 0.913 bits per heavy atom. The van der Waals surface area contributed by atoms with Gasteiger partial charge in [0.25, 0.3) is 0 Å². The molecule has 3 heteroatoms. The number of rotatable bonds is 12. The fourth-order valence-electron chi connectivity index (χ4n) is 2.38. The Morgan fingerprint density at radius 3 is 1.96 bits per heavy atom.